The maximum atomic E-state index is 12.4. The molecule has 0 aliphatic heterocycles. The highest BCUT2D eigenvalue weighted by Gasteiger charge is 2.16. The van der Waals surface area contributed by atoms with Crippen LogP contribution in [0.15, 0.2) is 127 Å². The molecule has 0 radical (unpaired) electrons. The number of anilines is 3. The maximum Gasteiger partial charge on any atom is 0.163 e. The van der Waals surface area contributed by atoms with Gasteiger partial charge in [0.1, 0.15) is 5.76 Å². The Labute approximate surface area is 228 Å². The van der Waals surface area contributed by atoms with Crippen molar-refractivity contribution in [2.75, 3.05) is 12.0 Å². The Hall–Kier alpha value is -4.89. The van der Waals surface area contributed by atoms with Crippen molar-refractivity contribution in [3.8, 4) is 0 Å². The number of fused-ring (bicyclic) bond motifs is 3. The van der Waals surface area contributed by atoms with Gasteiger partial charge < -0.3 is 9.64 Å². The second-order valence-corrected chi connectivity index (χ2v) is 9.84. The SMILES string of the molecule is CO/C(C)=C(\C(C)=O)c1ccc2cc(N(c3ccc4ccccc4c3)c3ccc4ccccc4c3)ccc2c1. The number of benzene rings is 6. The summed E-state index contributed by atoms with van der Waals surface area (Å²) in [6.07, 6.45) is 0. The first-order chi connectivity index (χ1) is 19.0. The van der Waals surface area contributed by atoms with E-state index >= 15 is 0 Å². The second kappa shape index (κ2) is 10.1. The third-order valence-corrected chi connectivity index (χ3v) is 7.36. The molecule has 39 heavy (non-hydrogen) atoms. The third kappa shape index (κ3) is 4.64. The van der Waals surface area contributed by atoms with Crippen molar-refractivity contribution in [1.29, 1.82) is 0 Å². The van der Waals surface area contributed by atoms with E-state index in [1.54, 1.807) is 14.0 Å². The first-order valence-electron chi connectivity index (χ1n) is 13.1. The van der Waals surface area contributed by atoms with Crippen LogP contribution in [-0.2, 0) is 9.53 Å². The Morgan fingerprint density at radius 2 is 0.949 bits per heavy atom. The van der Waals surface area contributed by atoms with Crippen molar-refractivity contribution in [3.63, 3.8) is 0 Å². The zero-order chi connectivity index (χ0) is 26.9. The fourth-order valence-electron chi connectivity index (χ4n) is 5.36. The molecule has 0 N–H and O–H groups in total. The molecule has 0 aliphatic rings. The van der Waals surface area contributed by atoms with Gasteiger partial charge in [-0.3, -0.25) is 4.79 Å². The lowest BCUT2D eigenvalue weighted by molar-refractivity contribution is -0.111. The van der Waals surface area contributed by atoms with E-state index in [0.29, 0.717) is 11.3 Å². The molecule has 0 bridgehead atoms. The fourth-order valence-corrected chi connectivity index (χ4v) is 5.36. The summed E-state index contributed by atoms with van der Waals surface area (Å²) in [5, 5.41) is 6.99. The van der Waals surface area contributed by atoms with Crippen LogP contribution in [0.25, 0.3) is 37.9 Å². The van der Waals surface area contributed by atoms with Crippen LogP contribution in [0.3, 0.4) is 0 Å². The topological polar surface area (TPSA) is 29.5 Å². The van der Waals surface area contributed by atoms with E-state index in [9.17, 15) is 4.79 Å². The zero-order valence-corrected chi connectivity index (χ0v) is 22.3. The third-order valence-electron chi connectivity index (χ3n) is 7.36. The van der Waals surface area contributed by atoms with Crippen LogP contribution in [0.4, 0.5) is 17.1 Å². The number of carbonyl (C=O) groups is 1. The Bertz CT molecular complexity index is 1820. The molecular formula is C36H29NO2. The van der Waals surface area contributed by atoms with Gasteiger partial charge in [-0.1, -0.05) is 78.9 Å². The standard InChI is InChI=1S/C36H29NO2/c1-24(38)36(25(2)39-3)32-13-12-31-23-35(19-16-30(31)20-32)37(33-17-14-26-8-4-6-10-28(26)21-33)34-18-15-27-9-5-7-11-29(27)22-34/h4-23H,1-3H3/b36-25+. The highest BCUT2D eigenvalue weighted by atomic mass is 16.5. The molecule has 6 aromatic carbocycles. The number of allylic oxidation sites excluding steroid dienone is 2. The van der Waals surface area contributed by atoms with Gasteiger partial charge in [0.05, 0.1) is 12.7 Å². The van der Waals surface area contributed by atoms with Crippen LogP contribution in [-0.4, -0.2) is 12.9 Å². The predicted molar refractivity (Wildman–Crippen MR) is 164 cm³/mol. The summed E-state index contributed by atoms with van der Waals surface area (Å²) in [6.45, 7) is 3.41. The minimum absolute atomic E-state index is 0.0101. The Morgan fingerprint density at radius 1 is 0.538 bits per heavy atom. The number of Topliss-reactive ketones (excluding diaryl/α,β-unsaturated/α-hetero) is 1. The highest BCUT2D eigenvalue weighted by molar-refractivity contribution is 6.20. The molecule has 0 aliphatic carbocycles. The van der Waals surface area contributed by atoms with Crippen LogP contribution in [0.2, 0.25) is 0 Å². The summed E-state index contributed by atoms with van der Waals surface area (Å²) in [5.41, 5.74) is 4.73. The normalized spacial score (nSPS) is 12.0. The van der Waals surface area contributed by atoms with E-state index in [1.807, 2.05) is 13.0 Å². The fraction of sp³-hybridized carbons (Fsp3) is 0.0833. The van der Waals surface area contributed by atoms with Crippen molar-refractivity contribution in [3.05, 3.63) is 133 Å². The summed E-state index contributed by atoms with van der Waals surface area (Å²) in [6, 6.07) is 42.7. The van der Waals surface area contributed by atoms with Crippen molar-refractivity contribution in [1.82, 2.24) is 0 Å². The molecule has 6 rings (SSSR count). The smallest absolute Gasteiger partial charge is 0.163 e. The van der Waals surface area contributed by atoms with Gasteiger partial charge in [0.2, 0.25) is 0 Å². The summed E-state index contributed by atoms with van der Waals surface area (Å²) in [4.78, 5) is 14.7. The van der Waals surface area contributed by atoms with Crippen LogP contribution in [0, 0.1) is 0 Å². The molecule has 0 fully saturated rings. The average molecular weight is 508 g/mol. The molecule has 0 amide bonds. The molecule has 3 heteroatoms. The van der Waals surface area contributed by atoms with Gasteiger partial charge in [-0.25, -0.2) is 0 Å². The highest BCUT2D eigenvalue weighted by Crippen LogP contribution is 2.39. The summed E-state index contributed by atoms with van der Waals surface area (Å²) >= 11 is 0. The number of hydrogen-bond donors (Lipinski definition) is 0. The predicted octanol–water partition coefficient (Wildman–Crippen LogP) is 9.58. The first kappa shape index (κ1) is 24.4. The van der Waals surface area contributed by atoms with Gasteiger partial charge in [0.15, 0.2) is 5.78 Å². The molecule has 0 spiro atoms. The molecule has 0 heterocycles. The first-order valence-corrected chi connectivity index (χ1v) is 13.1. The van der Waals surface area contributed by atoms with Crippen LogP contribution < -0.4 is 4.90 Å². The quantitative estimate of drug-likeness (QED) is 0.166. The molecule has 0 saturated heterocycles. The van der Waals surface area contributed by atoms with E-state index in [1.165, 1.54) is 21.5 Å². The molecule has 0 atom stereocenters. The number of ether oxygens (including phenoxy) is 1. The lowest BCUT2D eigenvalue weighted by atomic mass is 9.97. The van der Waals surface area contributed by atoms with Gasteiger partial charge >= 0.3 is 0 Å². The van der Waals surface area contributed by atoms with Gasteiger partial charge in [-0.15, -0.1) is 0 Å². The largest absolute Gasteiger partial charge is 0.501 e. The van der Waals surface area contributed by atoms with Gasteiger partial charge in [-0.2, -0.15) is 0 Å². The number of nitrogens with zero attached hydrogens (tertiary/aromatic N) is 1. The number of methoxy groups -OCH3 is 1. The van der Waals surface area contributed by atoms with Gasteiger partial charge in [0.25, 0.3) is 0 Å². The minimum atomic E-state index is -0.0101. The zero-order valence-electron chi connectivity index (χ0n) is 22.3. The van der Waals surface area contributed by atoms with Crippen molar-refractivity contribution in [2.24, 2.45) is 0 Å². The average Bonchev–Trinajstić information content (AvgIpc) is 2.97. The van der Waals surface area contributed by atoms with E-state index in [0.717, 1.165) is 33.4 Å². The summed E-state index contributed by atoms with van der Waals surface area (Å²) in [7, 11) is 1.60. The molecule has 0 aromatic heterocycles. The van der Waals surface area contributed by atoms with Crippen molar-refractivity contribution >= 4 is 60.7 Å². The van der Waals surface area contributed by atoms with Crippen molar-refractivity contribution < 1.29 is 9.53 Å². The van der Waals surface area contributed by atoms with E-state index in [2.05, 4.69) is 120 Å². The number of ketones is 1. The number of hydrogen-bond acceptors (Lipinski definition) is 3. The monoisotopic (exact) mass is 507 g/mol. The van der Waals surface area contributed by atoms with Crippen LogP contribution in [0.1, 0.15) is 19.4 Å². The van der Waals surface area contributed by atoms with Gasteiger partial charge in [0, 0.05) is 17.1 Å². The summed E-state index contributed by atoms with van der Waals surface area (Å²) in [5.74, 6) is 0.612. The van der Waals surface area contributed by atoms with E-state index in [-0.39, 0.29) is 5.78 Å². The van der Waals surface area contributed by atoms with Crippen LogP contribution >= 0.6 is 0 Å². The Kier molecular flexibility index (Phi) is 6.34. The Balaban J connectivity index is 1.51. The van der Waals surface area contributed by atoms with Gasteiger partial charge in [-0.05, 0) is 94.2 Å². The number of rotatable bonds is 6. The molecule has 190 valence electrons. The lowest BCUT2D eigenvalue weighted by Crippen LogP contribution is -2.10. The molecule has 3 nitrogen and oxygen atoms in total. The Morgan fingerprint density at radius 3 is 1.44 bits per heavy atom. The van der Waals surface area contributed by atoms with E-state index in [4.69, 9.17) is 4.74 Å². The molecule has 0 saturated carbocycles. The number of carbonyl (C=O) groups excluding carboxylic acids is 1. The molecule has 6 aromatic rings. The second-order valence-electron chi connectivity index (χ2n) is 9.84. The lowest BCUT2D eigenvalue weighted by Gasteiger charge is -2.26. The maximum absolute atomic E-state index is 12.4. The van der Waals surface area contributed by atoms with Crippen molar-refractivity contribution in [2.45, 2.75) is 13.8 Å². The molecule has 0 unspecified atom stereocenters. The summed E-state index contributed by atoms with van der Waals surface area (Å²) < 4.78 is 5.40. The minimum Gasteiger partial charge on any atom is -0.501 e. The van der Waals surface area contributed by atoms with E-state index < -0.39 is 0 Å². The molecular weight excluding hydrogens is 478 g/mol. The van der Waals surface area contributed by atoms with Crippen LogP contribution in [0.5, 0.6) is 0 Å².